The van der Waals surface area contributed by atoms with E-state index in [1.54, 1.807) is 22.6 Å². The van der Waals surface area contributed by atoms with Crippen molar-refractivity contribution >= 4 is 42.3 Å². The third-order valence-electron chi connectivity index (χ3n) is 1.63. The molecule has 96 valence electrons. The Morgan fingerprint density at radius 1 is 1.47 bits per heavy atom. The zero-order chi connectivity index (χ0) is 13.4. The molecule has 1 rings (SSSR count). The van der Waals surface area contributed by atoms with Crippen LogP contribution in [0.15, 0.2) is 11.1 Å². The molecule has 0 saturated heterocycles. The number of rotatable bonds is 2. The van der Waals surface area contributed by atoms with Crippen LogP contribution >= 0.6 is 33.3 Å². The molecule has 17 heavy (non-hydrogen) atoms. The van der Waals surface area contributed by atoms with Gasteiger partial charge in [-0.1, -0.05) is 0 Å². The van der Waals surface area contributed by atoms with Crippen LogP contribution in [0.3, 0.4) is 0 Å². The summed E-state index contributed by atoms with van der Waals surface area (Å²) in [6, 6.07) is 0. The third-order valence-corrected chi connectivity index (χ3v) is 4.29. The smallest absolute Gasteiger partial charge is 0.388 e. The fourth-order valence-corrected chi connectivity index (χ4v) is 4.20. The van der Waals surface area contributed by atoms with Crippen LogP contribution in [-0.4, -0.2) is 19.8 Å². The van der Waals surface area contributed by atoms with Crippen molar-refractivity contribution in [1.29, 1.82) is 0 Å². The standard InChI is InChI=1S/C7H4ClF3INO3S/c1-3-5(17(8,14)15)4(12)2-13-6(3)16-7(9,10)11/h2H,1H3. The highest BCUT2D eigenvalue weighted by Gasteiger charge is 2.34. The highest BCUT2D eigenvalue weighted by molar-refractivity contribution is 14.1. The molecule has 0 unspecified atom stereocenters. The van der Waals surface area contributed by atoms with Gasteiger partial charge in [0.05, 0.1) is 3.57 Å². The highest BCUT2D eigenvalue weighted by atomic mass is 127. The predicted molar refractivity (Wildman–Crippen MR) is 61.4 cm³/mol. The molecule has 10 heteroatoms. The topological polar surface area (TPSA) is 56.3 Å². The second-order valence-electron chi connectivity index (χ2n) is 2.85. The summed E-state index contributed by atoms with van der Waals surface area (Å²) in [7, 11) is 0.950. The third kappa shape index (κ3) is 3.85. The lowest BCUT2D eigenvalue weighted by Crippen LogP contribution is -2.19. The molecule has 1 heterocycles. The fourth-order valence-electron chi connectivity index (χ4n) is 1.06. The van der Waals surface area contributed by atoms with Crippen LogP contribution in [0.4, 0.5) is 13.2 Å². The molecular weight excluding hydrogens is 397 g/mol. The molecule has 0 atom stereocenters. The summed E-state index contributed by atoms with van der Waals surface area (Å²) in [5.74, 6) is -0.836. The van der Waals surface area contributed by atoms with Gasteiger partial charge in [0.15, 0.2) is 0 Å². The van der Waals surface area contributed by atoms with Crippen molar-refractivity contribution in [2.45, 2.75) is 18.2 Å². The Hall–Kier alpha value is -0.290. The minimum atomic E-state index is -4.95. The van der Waals surface area contributed by atoms with Crippen LogP contribution in [0.25, 0.3) is 0 Å². The minimum absolute atomic E-state index is 0.115. The molecule has 0 aromatic carbocycles. The lowest BCUT2D eigenvalue weighted by Gasteiger charge is -2.12. The summed E-state index contributed by atoms with van der Waals surface area (Å²) in [5, 5.41) is 0. The molecule has 0 N–H and O–H groups in total. The van der Waals surface area contributed by atoms with Crippen molar-refractivity contribution in [3.8, 4) is 5.88 Å². The van der Waals surface area contributed by atoms with E-state index < -0.39 is 26.2 Å². The average Bonchev–Trinajstić information content (AvgIpc) is 2.06. The summed E-state index contributed by atoms with van der Waals surface area (Å²) in [4.78, 5) is 2.93. The molecule has 0 amide bonds. The predicted octanol–water partition coefficient (Wildman–Crippen LogP) is 2.82. The van der Waals surface area contributed by atoms with Gasteiger partial charge < -0.3 is 4.74 Å². The van der Waals surface area contributed by atoms with E-state index in [0.29, 0.717) is 0 Å². The molecule has 1 aromatic rings. The zero-order valence-corrected chi connectivity index (χ0v) is 11.8. The summed E-state index contributed by atoms with van der Waals surface area (Å²) in [6.45, 7) is 1.13. The number of hydrogen-bond acceptors (Lipinski definition) is 4. The van der Waals surface area contributed by atoms with Crippen molar-refractivity contribution < 1.29 is 26.3 Å². The van der Waals surface area contributed by atoms with E-state index in [9.17, 15) is 21.6 Å². The van der Waals surface area contributed by atoms with Gasteiger partial charge in [-0.25, -0.2) is 13.4 Å². The molecule has 0 aliphatic heterocycles. The van der Waals surface area contributed by atoms with Crippen molar-refractivity contribution in [3.63, 3.8) is 0 Å². The molecule has 0 fully saturated rings. The number of halogens is 5. The molecule has 0 aliphatic rings. The van der Waals surface area contributed by atoms with Gasteiger partial charge in [-0.05, 0) is 29.5 Å². The lowest BCUT2D eigenvalue weighted by molar-refractivity contribution is -0.276. The van der Waals surface area contributed by atoms with Crippen molar-refractivity contribution in [2.24, 2.45) is 0 Å². The Kier molecular flexibility index (Phi) is 4.14. The quantitative estimate of drug-likeness (QED) is 0.565. The van der Waals surface area contributed by atoms with E-state index in [1.807, 2.05) is 0 Å². The molecular formula is C7H4ClF3INO3S. The Morgan fingerprint density at radius 3 is 2.41 bits per heavy atom. The first-order chi connectivity index (χ1) is 7.52. The Bertz CT molecular complexity index is 546. The van der Waals surface area contributed by atoms with Crippen LogP contribution in [0.2, 0.25) is 0 Å². The van der Waals surface area contributed by atoms with E-state index >= 15 is 0 Å². The van der Waals surface area contributed by atoms with Gasteiger partial charge in [-0.3, -0.25) is 0 Å². The van der Waals surface area contributed by atoms with E-state index in [-0.39, 0.29) is 9.13 Å². The summed E-state index contributed by atoms with van der Waals surface area (Å²) >= 11 is 1.60. The number of aromatic nitrogens is 1. The molecule has 0 saturated carbocycles. The van der Waals surface area contributed by atoms with Crippen LogP contribution in [0, 0.1) is 10.5 Å². The Morgan fingerprint density at radius 2 is 2.00 bits per heavy atom. The van der Waals surface area contributed by atoms with Gasteiger partial charge in [-0.2, -0.15) is 0 Å². The number of ether oxygens (including phenoxy) is 1. The maximum Gasteiger partial charge on any atom is 0.574 e. The van der Waals surface area contributed by atoms with Gasteiger partial charge in [-0.15, -0.1) is 13.2 Å². The minimum Gasteiger partial charge on any atom is -0.388 e. The number of hydrogen-bond donors (Lipinski definition) is 0. The zero-order valence-electron chi connectivity index (χ0n) is 8.05. The van der Waals surface area contributed by atoms with Gasteiger partial charge in [0, 0.05) is 22.4 Å². The molecule has 0 radical (unpaired) electrons. The van der Waals surface area contributed by atoms with Crippen LogP contribution in [0.5, 0.6) is 5.88 Å². The maximum absolute atomic E-state index is 12.0. The second kappa shape index (κ2) is 4.76. The van der Waals surface area contributed by atoms with Crippen molar-refractivity contribution in [3.05, 3.63) is 15.3 Å². The van der Waals surface area contributed by atoms with Gasteiger partial charge in [0.1, 0.15) is 4.90 Å². The molecule has 0 aliphatic carbocycles. The van der Waals surface area contributed by atoms with E-state index in [0.717, 1.165) is 13.1 Å². The summed E-state index contributed by atoms with van der Waals surface area (Å²) in [5.41, 5.74) is -0.288. The average molecular weight is 402 g/mol. The maximum atomic E-state index is 12.0. The Balaban J connectivity index is 3.40. The monoisotopic (exact) mass is 401 g/mol. The summed E-state index contributed by atoms with van der Waals surface area (Å²) in [6.07, 6.45) is -4.01. The summed E-state index contributed by atoms with van der Waals surface area (Å²) < 4.78 is 62.1. The van der Waals surface area contributed by atoms with Crippen molar-refractivity contribution in [2.75, 3.05) is 0 Å². The first-order valence-corrected chi connectivity index (χ1v) is 7.26. The van der Waals surface area contributed by atoms with Gasteiger partial charge in [0.25, 0.3) is 9.05 Å². The number of alkyl halides is 3. The van der Waals surface area contributed by atoms with Crippen LogP contribution in [0.1, 0.15) is 5.56 Å². The Labute approximate surface area is 113 Å². The van der Waals surface area contributed by atoms with Crippen LogP contribution in [-0.2, 0) is 9.05 Å². The fraction of sp³-hybridized carbons (Fsp3) is 0.286. The number of nitrogens with zero attached hydrogens (tertiary/aromatic N) is 1. The van der Waals surface area contributed by atoms with Crippen LogP contribution < -0.4 is 4.74 Å². The first-order valence-electron chi connectivity index (χ1n) is 3.88. The van der Waals surface area contributed by atoms with Gasteiger partial charge >= 0.3 is 6.36 Å². The molecule has 1 aromatic heterocycles. The highest BCUT2D eigenvalue weighted by Crippen LogP contribution is 2.32. The van der Waals surface area contributed by atoms with Crippen molar-refractivity contribution in [1.82, 2.24) is 4.98 Å². The number of pyridine rings is 1. The molecule has 0 bridgehead atoms. The van der Waals surface area contributed by atoms with E-state index in [2.05, 4.69) is 9.72 Å². The van der Waals surface area contributed by atoms with E-state index in [4.69, 9.17) is 10.7 Å². The van der Waals surface area contributed by atoms with Gasteiger partial charge in [0.2, 0.25) is 5.88 Å². The molecule has 0 spiro atoms. The first kappa shape index (κ1) is 14.8. The largest absolute Gasteiger partial charge is 0.574 e. The second-order valence-corrected chi connectivity index (χ2v) is 6.52. The SMILES string of the molecule is Cc1c(OC(F)(F)F)ncc(I)c1S(=O)(=O)Cl. The molecule has 4 nitrogen and oxygen atoms in total. The lowest BCUT2D eigenvalue weighted by atomic mass is 10.3. The van der Waals surface area contributed by atoms with E-state index in [1.165, 1.54) is 0 Å². The normalized spacial score (nSPS) is 12.6.